The number of sulfone groups is 1. The number of carbonyl (C=O) groups excluding carboxylic acids is 2. The molecule has 212 valence electrons. The lowest BCUT2D eigenvalue weighted by Gasteiger charge is -2.15. The lowest BCUT2D eigenvalue weighted by molar-refractivity contribution is -0.138. The maximum Gasteiger partial charge on any atom is 0.416 e. The molecule has 0 aliphatic carbocycles. The van der Waals surface area contributed by atoms with Gasteiger partial charge in [-0.25, -0.2) is 13.2 Å². The van der Waals surface area contributed by atoms with Crippen molar-refractivity contribution in [3.8, 4) is 5.75 Å². The summed E-state index contributed by atoms with van der Waals surface area (Å²) in [4.78, 5) is 35.7. The molecule has 0 bridgehead atoms. The highest BCUT2D eigenvalue weighted by atomic mass is 32.2. The maximum absolute atomic E-state index is 12.9. The fourth-order valence-corrected chi connectivity index (χ4v) is 4.92. The summed E-state index contributed by atoms with van der Waals surface area (Å²) in [6, 6.07) is 14.6. The first-order valence-corrected chi connectivity index (χ1v) is 13.0. The number of hydrogen-bond donors (Lipinski definition) is 3. The zero-order valence-corrected chi connectivity index (χ0v) is 21.6. The van der Waals surface area contributed by atoms with E-state index in [1.54, 1.807) is 12.1 Å². The first-order chi connectivity index (χ1) is 18.8. The van der Waals surface area contributed by atoms with Gasteiger partial charge >= 0.3 is 18.2 Å². The topological polar surface area (TPSA) is 148 Å². The highest BCUT2D eigenvalue weighted by Gasteiger charge is 2.34. The third kappa shape index (κ3) is 7.72. The van der Waals surface area contributed by atoms with Crippen molar-refractivity contribution in [2.75, 3.05) is 24.4 Å². The smallest absolute Gasteiger partial charge is 0.416 e. The predicted octanol–water partition coefficient (Wildman–Crippen LogP) is 4.83. The number of carboxylic acid groups (broad SMARTS) is 1. The van der Waals surface area contributed by atoms with Crippen molar-refractivity contribution in [2.24, 2.45) is 0 Å². The molecule has 3 aromatic carbocycles. The Morgan fingerprint density at radius 2 is 1.43 bits per heavy atom. The molecule has 0 aliphatic rings. The number of carboxylic acids is 1. The summed E-state index contributed by atoms with van der Waals surface area (Å²) >= 11 is 0. The van der Waals surface area contributed by atoms with E-state index >= 15 is 0 Å². The van der Waals surface area contributed by atoms with Gasteiger partial charge in [0.25, 0.3) is 5.91 Å². The van der Waals surface area contributed by atoms with Crippen molar-refractivity contribution < 1.29 is 50.6 Å². The van der Waals surface area contributed by atoms with Crippen LogP contribution in [-0.4, -0.2) is 50.5 Å². The molecule has 10 nitrogen and oxygen atoms in total. The van der Waals surface area contributed by atoms with Crippen LogP contribution >= 0.6 is 0 Å². The summed E-state index contributed by atoms with van der Waals surface area (Å²) in [6.07, 6.45) is -6.27. The van der Waals surface area contributed by atoms with Crippen molar-refractivity contribution in [1.29, 1.82) is 0 Å². The van der Waals surface area contributed by atoms with Gasteiger partial charge in [0.15, 0.2) is 15.1 Å². The molecular weight excluding hydrogens is 557 g/mol. The minimum atomic E-state index is -4.55. The Balaban J connectivity index is 1.58. The van der Waals surface area contributed by atoms with Gasteiger partial charge in [0.2, 0.25) is 0 Å². The van der Waals surface area contributed by atoms with E-state index in [1.807, 2.05) is 0 Å². The summed E-state index contributed by atoms with van der Waals surface area (Å²) in [6.45, 7) is -0.612. The van der Waals surface area contributed by atoms with Crippen LogP contribution in [0.4, 0.5) is 29.3 Å². The molecule has 1 unspecified atom stereocenters. The van der Waals surface area contributed by atoms with Gasteiger partial charge in [0, 0.05) is 23.4 Å². The van der Waals surface area contributed by atoms with Crippen molar-refractivity contribution in [1.82, 2.24) is 0 Å². The number of nitrogens with one attached hydrogen (secondary N) is 2. The third-order valence-electron chi connectivity index (χ3n) is 5.51. The van der Waals surface area contributed by atoms with Crippen molar-refractivity contribution >= 4 is 39.2 Å². The number of methoxy groups -OCH3 is 1. The summed E-state index contributed by atoms with van der Waals surface area (Å²) in [5.74, 6) is -1.58. The molecule has 0 aliphatic heterocycles. The number of halogens is 3. The van der Waals surface area contributed by atoms with E-state index in [2.05, 4.69) is 10.6 Å². The number of anilines is 2. The van der Waals surface area contributed by atoms with E-state index in [0.29, 0.717) is 11.3 Å². The van der Waals surface area contributed by atoms with Gasteiger partial charge in [-0.15, -0.1) is 0 Å². The molecule has 0 spiro atoms. The number of hydrogen-bond acceptors (Lipinski definition) is 7. The normalized spacial score (nSPS) is 12.2. The van der Waals surface area contributed by atoms with Crippen molar-refractivity contribution in [2.45, 2.75) is 22.7 Å². The molecule has 0 radical (unpaired) electrons. The van der Waals surface area contributed by atoms with Crippen LogP contribution in [0.2, 0.25) is 0 Å². The summed E-state index contributed by atoms with van der Waals surface area (Å²) in [5.41, 5.74) is -0.353. The zero-order valence-electron chi connectivity index (χ0n) is 20.8. The van der Waals surface area contributed by atoms with Crippen molar-refractivity contribution in [3.63, 3.8) is 0 Å². The minimum absolute atomic E-state index is 0.0143. The van der Waals surface area contributed by atoms with Crippen LogP contribution < -0.4 is 15.4 Å². The van der Waals surface area contributed by atoms with Gasteiger partial charge in [-0.1, -0.05) is 0 Å². The van der Waals surface area contributed by atoms with Crippen molar-refractivity contribution in [3.05, 3.63) is 83.9 Å². The standard InChI is InChI=1S/C26H23F3N2O8S/c1-38-20-10-2-16(3-11-20)23(32)30-18-8-12-21(13-9-18)40(36,37)22(24(33)34)14-15-39-25(35)31-19-6-4-17(5-7-19)26(27,28)29/h2-13,22H,14-15H2,1H3,(H,30,32)(H,31,35)(H,33,34). The molecule has 0 saturated carbocycles. The van der Waals surface area contributed by atoms with Crippen LogP contribution in [0.15, 0.2) is 77.7 Å². The van der Waals surface area contributed by atoms with Gasteiger partial charge in [-0.3, -0.25) is 14.9 Å². The van der Waals surface area contributed by atoms with Crippen LogP contribution in [0.1, 0.15) is 22.3 Å². The molecular formula is C26H23F3N2O8S. The fourth-order valence-electron chi connectivity index (χ4n) is 3.40. The van der Waals surface area contributed by atoms with E-state index in [0.717, 1.165) is 36.4 Å². The molecule has 0 fully saturated rings. The molecule has 14 heteroatoms. The Morgan fingerprint density at radius 3 is 1.95 bits per heavy atom. The second-order valence-electron chi connectivity index (χ2n) is 8.20. The van der Waals surface area contributed by atoms with E-state index < -0.39 is 57.8 Å². The molecule has 40 heavy (non-hydrogen) atoms. The van der Waals surface area contributed by atoms with Crippen LogP contribution in [0.5, 0.6) is 5.75 Å². The number of alkyl halides is 3. The maximum atomic E-state index is 12.9. The Labute approximate surface area is 226 Å². The quantitative estimate of drug-likeness (QED) is 0.309. The molecule has 2 amide bonds. The summed E-state index contributed by atoms with van der Waals surface area (Å²) in [7, 11) is -2.94. The Bertz CT molecular complexity index is 1460. The highest BCUT2D eigenvalue weighted by molar-refractivity contribution is 7.92. The number of carbonyl (C=O) groups is 3. The Kier molecular flexibility index (Phi) is 9.37. The monoisotopic (exact) mass is 580 g/mol. The predicted molar refractivity (Wildman–Crippen MR) is 137 cm³/mol. The molecule has 1 atom stereocenters. The van der Waals surface area contributed by atoms with E-state index in [4.69, 9.17) is 9.47 Å². The van der Waals surface area contributed by atoms with Crippen LogP contribution in [0.25, 0.3) is 0 Å². The van der Waals surface area contributed by atoms with Crippen LogP contribution in [-0.2, 0) is 25.5 Å². The van der Waals surface area contributed by atoms with Crippen LogP contribution in [0, 0.1) is 0 Å². The molecule has 0 heterocycles. The minimum Gasteiger partial charge on any atom is -0.497 e. The molecule has 3 rings (SSSR count). The third-order valence-corrected chi connectivity index (χ3v) is 7.63. The number of benzene rings is 3. The van der Waals surface area contributed by atoms with Gasteiger partial charge < -0.3 is 19.9 Å². The number of aliphatic carboxylic acids is 1. The van der Waals surface area contributed by atoms with E-state index in [-0.39, 0.29) is 16.3 Å². The summed E-state index contributed by atoms with van der Waals surface area (Å²) in [5, 5.41) is 12.3. The lowest BCUT2D eigenvalue weighted by Crippen LogP contribution is -2.32. The van der Waals surface area contributed by atoms with Gasteiger partial charge in [-0.05, 0) is 72.8 Å². The number of ether oxygens (including phenoxy) is 2. The first kappa shape index (κ1) is 30.0. The lowest BCUT2D eigenvalue weighted by atomic mass is 10.2. The largest absolute Gasteiger partial charge is 0.497 e. The number of amides is 2. The average Bonchev–Trinajstić information content (AvgIpc) is 2.91. The Hall–Kier alpha value is -4.59. The highest BCUT2D eigenvalue weighted by Crippen LogP contribution is 2.30. The molecule has 0 aromatic heterocycles. The van der Waals surface area contributed by atoms with Gasteiger partial charge in [0.05, 0.1) is 24.2 Å². The number of rotatable bonds is 10. The zero-order chi connectivity index (χ0) is 29.5. The molecule has 3 aromatic rings. The molecule has 3 N–H and O–H groups in total. The average molecular weight is 581 g/mol. The van der Waals surface area contributed by atoms with Crippen LogP contribution in [0.3, 0.4) is 0 Å². The van der Waals surface area contributed by atoms with Gasteiger partial charge in [-0.2, -0.15) is 13.2 Å². The SMILES string of the molecule is COc1ccc(C(=O)Nc2ccc(S(=O)(=O)C(CCOC(=O)Nc3ccc(C(F)(F)F)cc3)C(=O)O)cc2)cc1. The molecule has 0 saturated heterocycles. The first-order valence-electron chi connectivity index (χ1n) is 11.4. The van der Waals surface area contributed by atoms with E-state index in [9.17, 15) is 41.1 Å². The van der Waals surface area contributed by atoms with E-state index in [1.165, 1.54) is 31.4 Å². The summed E-state index contributed by atoms with van der Waals surface area (Å²) < 4.78 is 73.6. The second kappa shape index (κ2) is 12.5. The fraction of sp³-hybridized carbons (Fsp3) is 0.192. The van der Waals surface area contributed by atoms with Gasteiger partial charge in [0.1, 0.15) is 5.75 Å². The second-order valence-corrected chi connectivity index (χ2v) is 10.3. The Morgan fingerprint density at radius 1 is 0.875 bits per heavy atom.